The molecule has 0 radical (unpaired) electrons. The number of rotatable bonds is 5. The highest BCUT2D eigenvalue weighted by Gasteiger charge is 2.25. The minimum absolute atomic E-state index is 0.240. The first kappa shape index (κ1) is 16.3. The van der Waals surface area contributed by atoms with Crippen molar-refractivity contribution >= 4 is 11.8 Å². The van der Waals surface area contributed by atoms with Crippen LogP contribution in [0.1, 0.15) is 44.2 Å². The van der Waals surface area contributed by atoms with Gasteiger partial charge in [0.05, 0.1) is 6.54 Å². The second-order valence-corrected chi connectivity index (χ2v) is 6.65. The molecule has 1 aromatic rings. The topological polar surface area (TPSA) is 61.8 Å². The molecule has 1 atom stereocenters. The molecular weight excluding hydrogens is 292 g/mol. The minimum atomic E-state index is -0.259. The van der Waals surface area contributed by atoms with Gasteiger partial charge in [0.15, 0.2) is 0 Å². The molecule has 2 aliphatic rings. The third-order valence-corrected chi connectivity index (χ3v) is 5.03. The summed E-state index contributed by atoms with van der Waals surface area (Å²) in [7, 11) is 0. The monoisotopic (exact) mass is 318 g/mol. The van der Waals surface area contributed by atoms with Gasteiger partial charge in [0, 0.05) is 24.4 Å². The van der Waals surface area contributed by atoms with Crippen molar-refractivity contribution in [3.05, 3.63) is 29.8 Å². The SMILES string of the molecule is CC(NC1CCC(CO)CC1)c1cccc(N2CCOC2=O)c1. The fourth-order valence-corrected chi connectivity index (χ4v) is 3.55. The Bertz CT molecular complexity index is 541. The van der Waals surface area contributed by atoms with Crippen molar-refractivity contribution in [3.8, 4) is 0 Å². The zero-order valence-corrected chi connectivity index (χ0v) is 13.7. The lowest BCUT2D eigenvalue weighted by Crippen LogP contribution is -2.35. The maximum Gasteiger partial charge on any atom is 0.414 e. The van der Waals surface area contributed by atoms with E-state index in [1.54, 1.807) is 4.90 Å². The number of aliphatic hydroxyl groups excluding tert-OH is 1. The van der Waals surface area contributed by atoms with Gasteiger partial charge in [-0.15, -0.1) is 0 Å². The van der Waals surface area contributed by atoms with E-state index in [1.165, 1.54) is 5.56 Å². The number of ether oxygens (including phenoxy) is 1. The lowest BCUT2D eigenvalue weighted by Gasteiger charge is -2.30. The third-order valence-electron chi connectivity index (χ3n) is 5.03. The average molecular weight is 318 g/mol. The Kier molecular flexibility index (Phi) is 5.18. The van der Waals surface area contributed by atoms with Crippen LogP contribution in [-0.4, -0.2) is 37.0 Å². The summed E-state index contributed by atoms with van der Waals surface area (Å²) in [6, 6.07) is 8.87. The highest BCUT2D eigenvalue weighted by Crippen LogP contribution is 2.27. The van der Waals surface area contributed by atoms with Crippen molar-refractivity contribution in [2.45, 2.75) is 44.7 Å². The number of anilines is 1. The van der Waals surface area contributed by atoms with Gasteiger partial charge in [-0.2, -0.15) is 0 Å². The van der Waals surface area contributed by atoms with Crippen molar-refractivity contribution in [1.29, 1.82) is 0 Å². The van der Waals surface area contributed by atoms with Gasteiger partial charge in [-0.3, -0.25) is 4.90 Å². The summed E-state index contributed by atoms with van der Waals surface area (Å²) >= 11 is 0. The van der Waals surface area contributed by atoms with Gasteiger partial charge >= 0.3 is 6.09 Å². The van der Waals surface area contributed by atoms with Crippen LogP contribution in [0, 0.1) is 5.92 Å². The van der Waals surface area contributed by atoms with Crippen molar-refractivity contribution in [3.63, 3.8) is 0 Å². The molecule has 0 spiro atoms. The highest BCUT2D eigenvalue weighted by molar-refractivity contribution is 5.89. The zero-order valence-electron chi connectivity index (χ0n) is 13.7. The van der Waals surface area contributed by atoms with Crippen LogP contribution in [0.4, 0.5) is 10.5 Å². The van der Waals surface area contributed by atoms with E-state index in [4.69, 9.17) is 4.74 Å². The van der Waals surface area contributed by atoms with Crippen molar-refractivity contribution in [2.24, 2.45) is 5.92 Å². The normalized spacial score (nSPS) is 26.2. The number of benzene rings is 1. The van der Waals surface area contributed by atoms with Gasteiger partial charge in [-0.1, -0.05) is 12.1 Å². The molecule has 1 unspecified atom stereocenters. The summed E-state index contributed by atoms with van der Waals surface area (Å²) in [5, 5.41) is 12.9. The molecule has 2 fully saturated rings. The van der Waals surface area contributed by atoms with E-state index < -0.39 is 0 Å². The molecule has 1 saturated carbocycles. The van der Waals surface area contributed by atoms with Crippen LogP contribution >= 0.6 is 0 Å². The summed E-state index contributed by atoms with van der Waals surface area (Å²) in [5.74, 6) is 0.480. The summed E-state index contributed by atoms with van der Waals surface area (Å²) in [5.41, 5.74) is 2.09. The van der Waals surface area contributed by atoms with Gasteiger partial charge in [-0.05, 0) is 56.2 Å². The summed E-state index contributed by atoms with van der Waals surface area (Å²) in [6.07, 6.45) is 4.17. The molecule has 1 heterocycles. The number of cyclic esters (lactones) is 1. The van der Waals surface area contributed by atoms with E-state index in [2.05, 4.69) is 24.4 Å². The molecule has 1 aliphatic carbocycles. The van der Waals surface area contributed by atoms with Gasteiger partial charge in [0.2, 0.25) is 0 Å². The first-order chi connectivity index (χ1) is 11.2. The first-order valence-electron chi connectivity index (χ1n) is 8.58. The molecule has 3 rings (SSSR count). The zero-order chi connectivity index (χ0) is 16.2. The minimum Gasteiger partial charge on any atom is -0.447 e. The summed E-state index contributed by atoms with van der Waals surface area (Å²) in [6.45, 7) is 3.57. The quantitative estimate of drug-likeness (QED) is 0.876. The lowest BCUT2D eigenvalue weighted by atomic mass is 9.86. The Labute approximate surface area is 137 Å². The molecule has 2 N–H and O–H groups in total. The molecule has 0 aromatic heterocycles. The Morgan fingerprint density at radius 2 is 2.13 bits per heavy atom. The van der Waals surface area contributed by atoms with Crippen LogP contribution in [0.15, 0.2) is 24.3 Å². The standard InChI is InChI=1S/C18H26N2O3/c1-13(19-16-7-5-14(12-21)6-8-16)15-3-2-4-17(11-15)20-9-10-23-18(20)22/h2-4,11,13-14,16,19,21H,5-10,12H2,1H3. The Morgan fingerprint density at radius 3 is 2.78 bits per heavy atom. The number of nitrogens with zero attached hydrogens (tertiary/aromatic N) is 1. The van der Waals surface area contributed by atoms with E-state index in [0.717, 1.165) is 31.4 Å². The first-order valence-corrected chi connectivity index (χ1v) is 8.58. The van der Waals surface area contributed by atoms with Crippen LogP contribution in [0.2, 0.25) is 0 Å². The predicted molar refractivity (Wildman–Crippen MR) is 89.5 cm³/mol. The number of carbonyl (C=O) groups is 1. The molecule has 126 valence electrons. The molecule has 1 amide bonds. The van der Waals surface area contributed by atoms with Crippen molar-refractivity contribution in [2.75, 3.05) is 24.7 Å². The van der Waals surface area contributed by atoms with E-state index in [0.29, 0.717) is 31.7 Å². The maximum atomic E-state index is 11.7. The van der Waals surface area contributed by atoms with E-state index >= 15 is 0 Å². The summed E-state index contributed by atoms with van der Waals surface area (Å²) in [4.78, 5) is 13.4. The number of nitrogens with one attached hydrogen (secondary N) is 1. The fraction of sp³-hybridized carbons (Fsp3) is 0.611. The molecule has 1 aromatic carbocycles. The van der Waals surface area contributed by atoms with Crippen LogP contribution in [-0.2, 0) is 4.74 Å². The Morgan fingerprint density at radius 1 is 1.35 bits per heavy atom. The average Bonchev–Trinajstić information content (AvgIpc) is 3.02. The van der Waals surface area contributed by atoms with Crippen molar-refractivity contribution < 1.29 is 14.6 Å². The van der Waals surface area contributed by atoms with Crippen molar-refractivity contribution in [1.82, 2.24) is 5.32 Å². The molecule has 23 heavy (non-hydrogen) atoms. The van der Waals surface area contributed by atoms with Crippen LogP contribution in [0.25, 0.3) is 0 Å². The van der Waals surface area contributed by atoms with E-state index in [1.807, 2.05) is 12.1 Å². The third kappa shape index (κ3) is 3.85. The van der Waals surface area contributed by atoms with E-state index in [-0.39, 0.29) is 12.1 Å². The Hall–Kier alpha value is -1.59. The molecular formula is C18H26N2O3. The molecule has 5 nitrogen and oxygen atoms in total. The number of amides is 1. The van der Waals surface area contributed by atoms with Gasteiger partial charge in [0.25, 0.3) is 0 Å². The smallest absolute Gasteiger partial charge is 0.414 e. The van der Waals surface area contributed by atoms with Crippen LogP contribution < -0.4 is 10.2 Å². The molecule has 1 saturated heterocycles. The highest BCUT2D eigenvalue weighted by atomic mass is 16.6. The van der Waals surface area contributed by atoms with Crippen LogP contribution in [0.5, 0.6) is 0 Å². The van der Waals surface area contributed by atoms with Gasteiger partial charge in [-0.25, -0.2) is 4.79 Å². The second kappa shape index (κ2) is 7.32. The number of hydrogen-bond acceptors (Lipinski definition) is 4. The van der Waals surface area contributed by atoms with Gasteiger partial charge in [0.1, 0.15) is 6.61 Å². The van der Waals surface area contributed by atoms with E-state index in [9.17, 15) is 9.90 Å². The molecule has 5 heteroatoms. The number of aliphatic hydroxyl groups is 1. The second-order valence-electron chi connectivity index (χ2n) is 6.65. The molecule has 0 bridgehead atoms. The lowest BCUT2D eigenvalue weighted by molar-refractivity contribution is 0.172. The fourth-order valence-electron chi connectivity index (χ4n) is 3.55. The van der Waals surface area contributed by atoms with Crippen LogP contribution in [0.3, 0.4) is 0 Å². The summed E-state index contributed by atoms with van der Waals surface area (Å²) < 4.78 is 5.01. The number of hydrogen-bond donors (Lipinski definition) is 2. The largest absolute Gasteiger partial charge is 0.447 e. The number of carbonyl (C=O) groups excluding carboxylic acids is 1. The predicted octanol–water partition coefficient (Wildman–Crippen LogP) is 2.84. The molecule has 1 aliphatic heterocycles. The maximum absolute atomic E-state index is 11.7. The van der Waals surface area contributed by atoms with Gasteiger partial charge < -0.3 is 15.2 Å². The Balaban J connectivity index is 1.61.